The summed E-state index contributed by atoms with van der Waals surface area (Å²) in [5.74, 6) is 0. The highest BCUT2D eigenvalue weighted by Crippen LogP contribution is 2.36. The largest absolute Gasteiger partial charge is 0.0990 e. The molecule has 0 heteroatoms. The van der Waals surface area contributed by atoms with E-state index in [1.165, 1.54) is 50.1 Å². The first-order chi connectivity index (χ1) is 20.7. The van der Waals surface area contributed by atoms with Crippen LogP contribution in [0.4, 0.5) is 0 Å². The normalized spacial score (nSPS) is 11.2. The van der Waals surface area contributed by atoms with Gasteiger partial charge in [-0.05, 0) is 103 Å². The van der Waals surface area contributed by atoms with Crippen LogP contribution in [-0.2, 0) is 0 Å². The molecule has 0 saturated carbocycles. The fourth-order valence-corrected chi connectivity index (χ4v) is 5.43. The average Bonchev–Trinajstić information content (AvgIpc) is 3.08. The van der Waals surface area contributed by atoms with Gasteiger partial charge in [0.2, 0.25) is 0 Å². The third kappa shape index (κ3) is 5.84. The Labute approximate surface area is 249 Å². The van der Waals surface area contributed by atoms with Crippen molar-refractivity contribution in [3.05, 3.63) is 189 Å². The SMILES string of the molecule is C=C/C=C(\C=C)c1cccc(-c2cc(-c3cccc(-c4ccccc4)c3)cc(-c3cccc(-c4ccccc4)c3)c2)c1. The summed E-state index contributed by atoms with van der Waals surface area (Å²) in [6.07, 6.45) is 5.69. The maximum atomic E-state index is 4.02. The molecule has 42 heavy (non-hydrogen) atoms. The van der Waals surface area contributed by atoms with Gasteiger partial charge in [0.15, 0.2) is 0 Å². The first-order valence-electron chi connectivity index (χ1n) is 14.2. The Bertz CT molecular complexity index is 1790. The average molecular weight is 537 g/mol. The van der Waals surface area contributed by atoms with Gasteiger partial charge < -0.3 is 0 Å². The quantitative estimate of drug-likeness (QED) is 0.170. The van der Waals surface area contributed by atoms with Gasteiger partial charge >= 0.3 is 0 Å². The van der Waals surface area contributed by atoms with E-state index in [0.717, 1.165) is 16.7 Å². The van der Waals surface area contributed by atoms with Crippen molar-refractivity contribution < 1.29 is 0 Å². The monoisotopic (exact) mass is 536 g/mol. The van der Waals surface area contributed by atoms with Crippen molar-refractivity contribution in [1.29, 1.82) is 0 Å². The Morgan fingerprint density at radius 1 is 0.357 bits per heavy atom. The molecule has 0 atom stereocenters. The maximum absolute atomic E-state index is 4.02. The lowest BCUT2D eigenvalue weighted by molar-refractivity contribution is 1.54. The minimum Gasteiger partial charge on any atom is -0.0990 e. The highest BCUT2D eigenvalue weighted by atomic mass is 14.1. The van der Waals surface area contributed by atoms with Crippen LogP contribution in [0.15, 0.2) is 183 Å². The molecule has 0 bridgehead atoms. The van der Waals surface area contributed by atoms with Crippen molar-refractivity contribution in [3.8, 4) is 55.6 Å². The summed E-state index contributed by atoms with van der Waals surface area (Å²) in [4.78, 5) is 0. The lowest BCUT2D eigenvalue weighted by Gasteiger charge is -2.14. The Balaban J connectivity index is 1.52. The van der Waals surface area contributed by atoms with Gasteiger partial charge in [-0.3, -0.25) is 0 Å². The van der Waals surface area contributed by atoms with Gasteiger partial charge in [-0.25, -0.2) is 0 Å². The first kappa shape index (κ1) is 26.7. The van der Waals surface area contributed by atoms with E-state index in [1.54, 1.807) is 0 Å². The molecule has 6 aromatic carbocycles. The van der Waals surface area contributed by atoms with E-state index in [2.05, 4.69) is 165 Å². The van der Waals surface area contributed by atoms with Gasteiger partial charge in [0, 0.05) is 0 Å². The molecule has 0 unspecified atom stereocenters. The summed E-state index contributed by atoms with van der Waals surface area (Å²) in [7, 11) is 0. The van der Waals surface area contributed by atoms with E-state index in [4.69, 9.17) is 0 Å². The summed E-state index contributed by atoms with van der Waals surface area (Å²) in [6.45, 7) is 7.89. The smallest absolute Gasteiger partial charge is 0.0171 e. The lowest BCUT2D eigenvalue weighted by Crippen LogP contribution is -1.89. The topological polar surface area (TPSA) is 0 Å². The summed E-state index contributed by atoms with van der Waals surface area (Å²) in [5, 5.41) is 0. The summed E-state index contributed by atoms with van der Waals surface area (Å²) in [5.41, 5.74) is 14.1. The molecule has 200 valence electrons. The van der Waals surface area contributed by atoms with Crippen molar-refractivity contribution in [2.24, 2.45) is 0 Å². The van der Waals surface area contributed by atoms with Crippen LogP contribution in [0, 0.1) is 0 Å². The summed E-state index contributed by atoms with van der Waals surface area (Å²) >= 11 is 0. The van der Waals surface area contributed by atoms with Crippen molar-refractivity contribution in [2.75, 3.05) is 0 Å². The second-order valence-electron chi connectivity index (χ2n) is 10.3. The Morgan fingerprint density at radius 2 is 0.714 bits per heavy atom. The van der Waals surface area contributed by atoms with E-state index in [0.29, 0.717) is 0 Å². The van der Waals surface area contributed by atoms with Crippen molar-refractivity contribution in [3.63, 3.8) is 0 Å². The molecule has 0 N–H and O–H groups in total. The Hall–Kier alpha value is -5.46. The summed E-state index contributed by atoms with van der Waals surface area (Å²) < 4.78 is 0. The van der Waals surface area contributed by atoms with Crippen molar-refractivity contribution in [2.45, 2.75) is 0 Å². The van der Waals surface area contributed by atoms with Gasteiger partial charge in [0.25, 0.3) is 0 Å². The minimum atomic E-state index is 1.05. The molecule has 0 aliphatic carbocycles. The van der Waals surface area contributed by atoms with E-state index >= 15 is 0 Å². The third-order valence-electron chi connectivity index (χ3n) is 7.59. The van der Waals surface area contributed by atoms with E-state index in [1.807, 2.05) is 18.2 Å². The Kier molecular flexibility index (Phi) is 7.88. The van der Waals surface area contributed by atoms with Crippen molar-refractivity contribution in [1.82, 2.24) is 0 Å². The zero-order chi connectivity index (χ0) is 28.7. The maximum Gasteiger partial charge on any atom is -0.0171 e. The molecular formula is C42H32. The van der Waals surface area contributed by atoms with Gasteiger partial charge in [-0.2, -0.15) is 0 Å². The zero-order valence-corrected chi connectivity index (χ0v) is 23.6. The van der Waals surface area contributed by atoms with Gasteiger partial charge in [0.05, 0.1) is 0 Å². The van der Waals surface area contributed by atoms with Gasteiger partial charge in [-0.1, -0.05) is 147 Å². The van der Waals surface area contributed by atoms with Crippen LogP contribution in [0.1, 0.15) is 5.56 Å². The molecule has 0 amide bonds. The predicted octanol–water partition coefficient (Wildman–Crippen LogP) is 11.8. The third-order valence-corrected chi connectivity index (χ3v) is 7.59. The Morgan fingerprint density at radius 3 is 1.14 bits per heavy atom. The van der Waals surface area contributed by atoms with Crippen molar-refractivity contribution >= 4 is 5.57 Å². The van der Waals surface area contributed by atoms with Crippen LogP contribution < -0.4 is 0 Å². The molecule has 6 aromatic rings. The van der Waals surface area contributed by atoms with Crippen LogP contribution in [0.3, 0.4) is 0 Å². The lowest BCUT2D eigenvalue weighted by atomic mass is 9.90. The molecule has 0 aromatic heterocycles. The molecule has 6 rings (SSSR count). The second-order valence-corrected chi connectivity index (χ2v) is 10.3. The number of allylic oxidation sites excluding steroid dienone is 4. The molecule has 0 nitrogen and oxygen atoms in total. The minimum absolute atomic E-state index is 1.05. The van der Waals surface area contributed by atoms with Gasteiger partial charge in [0.1, 0.15) is 0 Å². The zero-order valence-electron chi connectivity index (χ0n) is 23.6. The molecule has 0 spiro atoms. The fourth-order valence-electron chi connectivity index (χ4n) is 5.43. The predicted molar refractivity (Wildman–Crippen MR) is 182 cm³/mol. The van der Waals surface area contributed by atoms with E-state index in [-0.39, 0.29) is 0 Å². The second kappa shape index (κ2) is 12.4. The molecule has 0 radical (unpaired) electrons. The number of hydrogen-bond acceptors (Lipinski definition) is 0. The first-order valence-corrected chi connectivity index (χ1v) is 14.2. The van der Waals surface area contributed by atoms with Gasteiger partial charge in [-0.15, -0.1) is 0 Å². The molecule has 0 aliphatic heterocycles. The van der Waals surface area contributed by atoms with Crippen LogP contribution in [-0.4, -0.2) is 0 Å². The molecule has 0 saturated heterocycles. The number of benzene rings is 6. The summed E-state index contributed by atoms with van der Waals surface area (Å²) in [6, 6.07) is 54.3. The molecule has 0 heterocycles. The molecular weight excluding hydrogens is 504 g/mol. The molecule has 0 aliphatic rings. The standard InChI is InChI=1S/C42H32/c1-3-14-31(4-2)34-19-11-22-37(25-34)40-28-41(38-23-12-20-35(26-38)32-15-7-5-8-16-32)30-42(29-40)39-24-13-21-36(27-39)33-17-9-6-10-18-33/h3-30H,1-2H2/b31-14+. The van der Waals surface area contributed by atoms with E-state index in [9.17, 15) is 0 Å². The van der Waals surface area contributed by atoms with Crippen LogP contribution in [0.5, 0.6) is 0 Å². The highest BCUT2D eigenvalue weighted by Gasteiger charge is 2.11. The number of hydrogen-bond donors (Lipinski definition) is 0. The highest BCUT2D eigenvalue weighted by molar-refractivity contribution is 5.85. The van der Waals surface area contributed by atoms with Crippen LogP contribution in [0.25, 0.3) is 61.2 Å². The van der Waals surface area contributed by atoms with Crippen LogP contribution >= 0.6 is 0 Å². The molecule has 0 fully saturated rings. The van der Waals surface area contributed by atoms with E-state index < -0.39 is 0 Å². The van der Waals surface area contributed by atoms with Crippen LogP contribution in [0.2, 0.25) is 0 Å². The number of rotatable bonds is 8. The fraction of sp³-hybridized carbons (Fsp3) is 0.